The van der Waals surface area contributed by atoms with Crippen molar-refractivity contribution < 1.29 is 18.8 Å². The summed E-state index contributed by atoms with van der Waals surface area (Å²) in [6.45, 7) is -0.412. The molecule has 2 aromatic carbocycles. The van der Waals surface area contributed by atoms with Crippen molar-refractivity contribution in [3.8, 4) is 5.75 Å². The molecule has 0 saturated heterocycles. The summed E-state index contributed by atoms with van der Waals surface area (Å²) in [7, 11) is 0. The van der Waals surface area contributed by atoms with E-state index in [1.165, 1.54) is 24.3 Å². The molecule has 1 amide bonds. The molecular formula is C15H12BrFN2O4. The molecule has 0 radical (unpaired) electrons. The van der Waals surface area contributed by atoms with E-state index in [-0.39, 0.29) is 18.0 Å². The van der Waals surface area contributed by atoms with Gasteiger partial charge in [0, 0.05) is 22.6 Å². The number of nitrogens with zero attached hydrogens (tertiary/aromatic N) is 1. The van der Waals surface area contributed by atoms with Gasteiger partial charge in [-0.3, -0.25) is 14.9 Å². The third-order valence-corrected chi connectivity index (χ3v) is 3.40. The summed E-state index contributed by atoms with van der Waals surface area (Å²) in [6.07, 6.45) is 0. The molecule has 0 aliphatic heterocycles. The minimum atomic E-state index is -0.593. The minimum absolute atomic E-state index is 0.00119. The lowest BCUT2D eigenvalue weighted by molar-refractivity contribution is -0.385. The van der Waals surface area contributed by atoms with E-state index in [4.69, 9.17) is 4.74 Å². The van der Waals surface area contributed by atoms with Gasteiger partial charge in [0.25, 0.3) is 5.91 Å². The van der Waals surface area contributed by atoms with E-state index in [2.05, 4.69) is 21.2 Å². The monoisotopic (exact) mass is 382 g/mol. The van der Waals surface area contributed by atoms with Crippen LogP contribution in [0.15, 0.2) is 46.9 Å². The van der Waals surface area contributed by atoms with E-state index in [0.29, 0.717) is 10.0 Å². The summed E-state index contributed by atoms with van der Waals surface area (Å²) in [5, 5.41) is 13.3. The smallest absolute Gasteiger partial charge is 0.310 e. The Bertz CT molecular complexity index is 739. The number of nitro groups is 1. The molecule has 23 heavy (non-hydrogen) atoms. The number of rotatable bonds is 6. The maximum absolute atomic E-state index is 13.5. The summed E-state index contributed by atoms with van der Waals surface area (Å²) in [4.78, 5) is 22.0. The summed E-state index contributed by atoms with van der Waals surface area (Å²) in [5.74, 6) is -0.947. The molecular weight excluding hydrogens is 371 g/mol. The first-order chi connectivity index (χ1) is 11.0. The van der Waals surface area contributed by atoms with Gasteiger partial charge in [-0.25, -0.2) is 4.39 Å². The number of para-hydroxylation sites is 2. The number of amides is 1. The van der Waals surface area contributed by atoms with Crippen molar-refractivity contribution in [2.24, 2.45) is 0 Å². The molecule has 0 aromatic heterocycles. The maximum Gasteiger partial charge on any atom is 0.310 e. The number of ether oxygens (including phenoxy) is 1. The molecule has 8 heteroatoms. The van der Waals surface area contributed by atoms with Crippen molar-refractivity contribution in [1.82, 2.24) is 5.32 Å². The topological polar surface area (TPSA) is 81.5 Å². The first kappa shape index (κ1) is 16.9. The predicted octanol–water partition coefficient (Wildman–Crippen LogP) is 3.19. The molecule has 0 aliphatic carbocycles. The number of carbonyl (C=O) groups is 1. The van der Waals surface area contributed by atoms with Crippen LogP contribution in [-0.2, 0) is 11.3 Å². The summed E-state index contributed by atoms with van der Waals surface area (Å²) >= 11 is 3.22. The molecule has 0 unspecified atom stereocenters. The fourth-order valence-corrected chi connectivity index (χ4v) is 2.21. The van der Waals surface area contributed by atoms with Gasteiger partial charge in [-0.1, -0.05) is 28.1 Å². The molecule has 0 saturated carbocycles. The van der Waals surface area contributed by atoms with Gasteiger partial charge in [-0.15, -0.1) is 0 Å². The fraction of sp³-hybridized carbons (Fsp3) is 0.133. The van der Waals surface area contributed by atoms with Gasteiger partial charge in [-0.2, -0.15) is 0 Å². The molecule has 1 N–H and O–H groups in total. The Morgan fingerprint density at radius 2 is 2.04 bits per heavy atom. The van der Waals surface area contributed by atoms with Crippen LogP contribution in [0.3, 0.4) is 0 Å². The number of benzene rings is 2. The number of nitro benzene ring substituents is 1. The highest BCUT2D eigenvalue weighted by Crippen LogP contribution is 2.25. The average molecular weight is 383 g/mol. The zero-order valence-electron chi connectivity index (χ0n) is 11.8. The number of hydrogen-bond acceptors (Lipinski definition) is 4. The van der Waals surface area contributed by atoms with Crippen LogP contribution >= 0.6 is 15.9 Å². The molecule has 0 atom stereocenters. The van der Waals surface area contributed by atoms with E-state index in [1.54, 1.807) is 18.2 Å². The Balaban J connectivity index is 1.91. The lowest BCUT2D eigenvalue weighted by Gasteiger charge is -2.08. The second-order valence-corrected chi connectivity index (χ2v) is 5.44. The highest BCUT2D eigenvalue weighted by molar-refractivity contribution is 9.10. The van der Waals surface area contributed by atoms with Gasteiger partial charge in [0.05, 0.1) is 4.92 Å². The first-order valence-electron chi connectivity index (χ1n) is 6.54. The van der Waals surface area contributed by atoms with Crippen molar-refractivity contribution in [2.75, 3.05) is 6.61 Å². The minimum Gasteiger partial charge on any atom is -0.477 e. The summed E-state index contributed by atoms with van der Waals surface area (Å²) < 4.78 is 19.4. The Kier molecular flexibility index (Phi) is 5.64. The van der Waals surface area contributed by atoms with Gasteiger partial charge in [0.2, 0.25) is 0 Å². The van der Waals surface area contributed by atoms with E-state index in [0.717, 1.165) is 0 Å². The second-order valence-electron chi connectivity index (χ2n) is 4.53. The molecule has 6 nitrogen and oxygen atoms in total. The molecule has 0 fully saturated rings. The van der Waals surface area contributed by atoms with E-state index < -0.39 is 23.3 Å². The molecule has 120 valence electrons. The predicted molar refractivity (Wildman–Crippen MR) is 84.5 cm³/mol. The van der Waals surface area contributed by atoms with Crippen molar-refractivity contribution in [3.05, 3.63) is 68.4 Å². The van der Waals surface area contributed by atoms with Crippen molar-refractivity contribution in [3.63, 3.8) is 0 Å². The zero-order valence-corrected chi connectivity index (χ0v) is 13.4. The SMILES string of the molecule is O=C(COc1ccccc1[N+](=O)[O-])NCc1cc(Br)ccc1F. The quantitative estimate of drug-likeness (QED) is 0.614. The Morgan fingerprint density at radius 3 is 2.78 bits per heavy atom. The molecule has 0 aliphatic rings. The molecule has 0 heterocycles. The molecule has 0 spiro atoms. The van der Waals surface area contributed by atoms with Gasteiger partial charge in [0.15, 0.2) is 12.4 Å². The van der Waals surface area contributed by atoms with Gasteiger partial charge < -0.3 is 10.1 Å². The first-order valence-corrected chi connectivity index (χ1v) is 7.33. The lowest BCUT2D eigenvalue weighted by atomic mass is 10.2. The zero-order chi connectivity index (χ0) is 16.8. The Morgan fingerprint density at radius 1 is 1.30 bits per heavy atom. The number of halogens is 2. The second kappa shape index (κ2) is 7.68. The van der Waals surface area contributed by atoms with Crippen molar-refractivity contribution in [2.45, 2.75) is 6.54 Å². The Labute approximate surface area is 139 Å². The average Bonchev–Trinajstić information content (AvgIpc) is 2.54. The summed E-state index contributed by atoms with van der Waals surface area (Å²) in [5.41, 5.74) is 0.0942. The summed E-state index contributed by atoms with van der Waals surface area (Å²) in [6, 6.07) is 10.1. The van der Waals surface area contributed by atoms with Crippen LogP contribution in [0.5, 0.6) is 5.75 Å². The van der Waals surface area contributed by atoms with Crippen LogP contribution in [0.4, 0.5) is 10.1 Å². The van der Waals surface area contributed by atoms with Crippen LogP contribution in [0.1, 0.15) is 5.56 Å². The van der Waals surface area contributed by atoms with E-state index in [9.17, 15) is 19.3 Å². The number of carbonyl (C=O) groups excluding carboxylic acids is 1. The third-order valence-electron chi connectivity index (χ3n) is 2.90. The normalized spacial score (nSPS) is 10.2. The van der Waals surface area contributed by atoms with E-state index >= 15 is 0 Å². The lowest BCUT2D eigenvalue weighted by Crippen LogP contribution is -2.28. The van der Waals surface area contributed by atoms with E-state index in [1.807, 2.05) is 0 Å². The van der Waals surface area contributed by atoms with Crippen LogP contribution in [-0.4, -0.2) is 17.4 Å². The van der Waals surface area contributed by atoms with Gasteiger partial charge >= 0.3 is 5.69 Å². The van der Waals surface area contributed by atoms with Gasteiger partial charge in [0.1, 0.15) is 5.82 Å². The van der Waals surface area contributed by atoms with Crippen molar-refractivity contribution in [1.29, 1.82) is 0 Å². The largest absolute Gasteiger partial charge is 0.477 e. The van der Waals surface area contributed by atoms with Crippen molar-refractivity contribution >= 4 is 27.5 Å². The number of hydrogen-bond donors (Lipinski definition) is 1. The third kappa shape index (κ3) is 4.75. The van der Waals surface area contributed by atoms with Crippen LogP contribution in [0, 0.1) is 15.9 Å². The van der Waals surface area contributed by atoms with Crippen LogP contribution in [0.25, 0.3) is 0 Å². The molecule has 0 bridgehead atoms. The standard InChI is InChI=1S/C15H12BrFN2O4/c16-11-5-6-12(17)10(7-11)8-18-15(20)9-23-14-4-2-1-3-13(14)19(21)22/h1-7H,8-9H2,(H,18,20). The highest BCUT2D eigenvalue weighted by atomic mass is 79.9. The van der Waals surface area contributed by atoms with Crippen LogP contribution in [0.2, 0.25) is 0 Å². The van der Waals surface area contributed by atoms with Gasteiger partial charge in [-0.05, 0) is 24.3 Å². The Hall–Kier alpha value is -2.48. The highest BCUT2D eigenvalue weighted by Gasteiger charge is 2.15. The molecule has 2 aromatic rings. The number of nitrogens with one attached hydrogen (secondary N) is 1. The molecule has 2 rings (SSSR count). The fourth-order valence-electron chi connectivity index (χ4n) is 1.80. The van der Waals surface area contributed by atoms with Crippen LogP contribution < -0.4 is 10.1 Å². The maximum atomic E-state index is 13.5.